The van der Waals surface area contributed by atoms with Crippen molar-refractivity contribution in [2.24, 2.45) is 5.92 Å². The van der Waals surface area contributed by atoms with Crippen LogP contribution >= 0.6 is 0 Å². The molecule has 0 heterocycles. The average molecular weight is 406 g/mol. The summed E-state index contributed by atoms with van der Waals surface area (Å²) in [6.45, 7) is 10.3. The van der Waals surface area contributed by atoms with Gasteiger partial charge < -0.3 is 29.2 Å². The first kappa shape index (κ1) is 26.3. The molecule has 0 saturated carbocycles. The number of aliphatic hydroxyl groups excluding tert-OH is 2. The summed E-state index contributed by atoms with van der Waals surface area (Å²) in [5.74, 6) is -0.925. The van der Waals surface area contributed by atoms with Crippen molar-refractivity contribution in [3.8, 4) is 0 Å². The van der Waals surface area contributed by atoms with E-state index in [1.54, 1.807) is 34.6 Å². The quantitative estimate of drug-likeness (QED) is 0.464. The standard InChI is InChI=1S/C19H34O9/c1-12(13(2)21)19(6,7)26-10-15(23)8-18(4,5)28-17(24)27-16(9-20)11-25-14(3)22/h12,15-16,20,23H,8-11H2,1-7H3. The number of hydrogen-bond acceptors (Lipinski definition) is 9. The van der Waals surface area contributed by atoms with Gasteiger partial charge >= 0.3 is 12.1 Å². The molecule has 0 radical (unpaired) electrons. The van der Waals surface area contributed by atoms with Crippen LogP contribution in [0.1, 0.15) is 54.9 Å². The molecule has 0 rings (SSSR count). The highest BCUT2D eigenvalue weighted by atomic mass is 16.7. The lowest BCUT2D eigenvalue weighted by atomic mass is 9.89. The number of rotatable bonds is 12. The predicted molar refractivity (Wildman–Crippen MR) is 99.7 cm³/mol. The minimum atomic E-state index is -1.09. The maximum absolute atomic E-state index is 11.9. The topological polar surface area (TPSA) is 129 Å². The summed E-state index contributed by atoms with van der Waals surface area (Å²) in [5.41, 5.74) is -1.83. The van der Waals surface area contributed by atoms with Crippen LogP contribution in [-0.4, -0.2) is 71.4 Å². The first-order chi connectivity index (χ1) is 12.7. The Morgan fingerprint density at radius 1 is 1.04 bits per heavy atom. The van der Waals surface area contributed by atoms with Crippen molar-refractivity contribution in [1.29, 1.82) is 0 Å². The molecule has 0 aliphatic carbocycles. The molecule has 2 N–H and O–H groups in total. The number of carbonyl (C=O) groups excluding carboxylic acids is 3. The van der Waals surface area contributed by atoms with E-state index in [-0.39, 0.29) is 31.3 Å². The second-order valence-electron chi connectivity index (χ2n) is 7.94. The lowest BCUT2D eigenvalue weighted by Gasteiger charge is -2.33. The number of hydrogen-bond donors (Lipinski definition) is 2. The molecule has 3 atom stereocenters. The first-order valence-electron chi connectivity index (χ1n) is 9.16. The third-order valence-corrected chi connectivity index (χ3v) is 4.33. The van der Waals surface area contributed by atoms with Gasteiger partial charge in [-0.15, -0.1) is 0 Å². The summed E-state index contributed by atoms with van der Waals surface area (Å²) in [6.07, 6.45) is -3.00. The normalized spacial score (nSPS) is 15.3. The van der Waals surface area contributed by atoms with Crippen LogP contribution in [0.15, 0.2) is 0 Å². The summed E-state index contributed by atoms with van der Waals surface area (Å²) >= 11 is 0. The van der Waals surface area contributed by atoms with E-state index in [9.17, 15) is 19.5 Å². The lowest BCUT2D eigenvalue weighted by Crippen LogP contribution is -2.41. The van der Waals surface area contributed by atoms with Crippen LogP contribution in [0.2, 0.25) is 0 Å². The van der Waals surface area contributed by atoms with Gasteiger partial charge in [-0.25, -0.2) is 4.79 Å². The van der Waals surface area contributed by atoms with Crippen LogP contribution in [-0.2, 0) is 28.5 Å². The van der Waals surface area contributed by atoms with E-state index in [1.807, 2.05) is 0 Å². The fourth-order valence-corrected chi connectivity index (χ4v) is 2.31. The Bertz CT molecular complexity index is 527. The van der Waals surface area contributed by atoms with Crippen molar-refractivity contribution in [3.05, 3.63) is 0 Å². The monoisotopic (exact) mass is 406 g/mol. The van der Waals surface area contributed by atoms with Gasteiger partial charge in [0.15, 0.2) is 6.10 Å². The highest BCUT2D eigenvalue weighted by Gasteiger charge is 2.33. The van der Waals surface area contributed by atoms with Crippen molar-refractivity contribution in [1.82, 2.24) is 0 Å². The number of Topliss-reactive ketones (excluding diaryl/α,β-unsaturated/α-hetero) is 1. The molecule has 0 aliphatic heterocycles. The fraction of sp³-hybridized carbons (Fsp3) is 0.842. The maximum Gasteiger partial charge on any atom is 0.509 e. The Balaban J connectivity index is 4.55. The van der Waals surface area contributed by atoms with Crippen molar-refractivity contribution in [2.75, 3.05) is 19.8 Å². The van der Waals surface area contributed by atoms with E-state index in [0.29, 0.717) is 0 Å². The SMILES string of the molecule is CC(=O)OCC(CO)OC(=O)OC(C)(C)CC(O)COC(C)(C)C(C)C(C)=O. The lowest BCUT2D eigenvalue weighted by molar-refractivity contribution is -0.146. The Hall–Kier alpha value is -1.71. The van der Waals surface area contributed by atoms with Crippen LogP contribution in [0.4, 0.5) is 4.79 Å². The van der Waals surface area contributed by atoms with Gasteiger partial charge in [0.2, 0.25) is 0 Å². The summed E-state index contributed by atoms with van der Waals surface area (Å²) in [6, 6.07) is 0. The van der Waals surface area contributed by atoms with Gasteiger partial charge in [0, 0.05) is 19.3 Å². The molecule has 164 valence electrons. The third kappa shape index (κ3) is 10.6. The number of ketones is 1. The van der Waals surface area contributed by atoms with Gasteiger partial charge in [-0.3, -0.25) is 9.59 Å². The highest BCUT2D eigenvalue weighted by Crippen LogP contribution is 2.24. The van der Waals surface area contributed by atoms with Crippen LogP contribution in [0.3, 0.4) is 0 Å². The van der Waals surface area contributed by atoms with Crippen LogP contribution < -0.4 is 0 Å². The predicted octanol–water partition coefficient (Wildman–Crippen LogP) is 1.61. The Morgan fingerprint density at radius 3 is 2.07 bits per heavy atom. The minimum Gasteiger partial charge on any atom is -0.462 e. The smallest absolute Gasteiger partial charge is 0.462 e. The molecule has 0 aliphatic rings. The molecule has 0 spiro atoms. The second kappa shape index (κ2) is 11.3. The molecule has 0 amide bonds. The Morgan fingerprint density at radius 2 is 1.61 bits per heavy atom. The van der Waals surface area contributed by atoms with Gasteiger partial charge in [-0.2, -0.15) is 0 Å². The summed E-state index contributed by atoms with van der Waals surface area (Å²) in [7, 11) is 0. The van der Waals surface area contributed by atoms with Crippen LogP contribution in [0, 0.1) is 5.92 Å². The highest BCUT2D eigenvalue weighted by molar-refractivity contribution is 5.79. The zero-order valence-electron chi connectivity index (χ0n) is 17.8. The third-order valence-electron chi connectivity index (χ3n) is 4.33. The average Bonchev–Trinajstić information content (AvgIpc) is 2.54. The van der Waals surface area contributed by atoms with Crippen molar-refractivity contribution in [2.45, 2.75) is 78.3 Å². The molecule has 0 bridgehead atoms. The zero-order chi connectivity index (χ0) is 22.1. The number of carbonyl (C=O) groups is 3. The van der Waals surface area contributed by atoms with E-state index in [0.717, 1.165) is 0 Å². The largest absolute Gasteiger partial charge is 0.509 e. The van der Waals surface area contributed by atoms with E-state index in [2.05, 4.69) is 4.74 Å². The first-order valence-corrected chi connectivity index (χ1v) is 9.16. The summed E-state index contributed by atoms with van der Waals surface area (Å²) in [5, 5.41) is 19.4. The van der Waals surface area contributed by atoms with Gasteiger partial charge in [-0.1, -0.05) is 6.92 Å². The van der Waals surface area contributed by atoms with Gasteiger partial charge in [-0.05, 0) is 34.6 Å². The van der Waals surface area contributed by atoms with Crippen molar-refractivity contribution >= 4 is 17.9 Å². The molecule has 3 unspecified atom stereocenters. The van der Waals surface area contributed by atoms with Crippen LogP contribution in [0.25, 0.3) is 0 Å². The fourth-order valence-electron chi connectivity index (χ4n) is 2.31. The van der Waals surface area contributed by atoms with Gasteiger partial charge in [0.05, 0.1) is 24.9 Å². The zero-order valence-corrected chi connectivity index (χ0v) is 17.8. The number of ether oxygens (including phenoxy) is 4. The molecule has 0 fully saturated rings. The van der Waals surface area contributed by atoms with Gasteiger partial charge in [0.25, 0.3) is 0 Å². The van der Waals surface area contributed by atoms with Crippen molar-refractivity contribution in [3.63, 3.8) is 0 Å². The minimum absolute atomic E-state index is 0.0157. The molecule has 28 heavy (non-hydrogen) atoms. The van der Waals surface area contributed by atoms with Gasteiger partial charge in [0.1, 0.15) is 18.0 Å². The molecule has 0 aromatic heterocycles. The second-order valence-corrected chi connectivity index (χ2v) is 7.94. The van der Waals surface area contributed by atoms with Crippen molar-refractivity contribution < 1.29 is 43.5 Å². The summed E-state index contributed by atoms with van der Waals surface area (Å²) in [4.78, 5) is 34.2. The van der Waals surface area contributed by atoms with E-state index >= 15 is 0 Å². The maximum atomic E-state index is 11.9. The Kier molecular flexibility index (Phi) is 10.6. The van der Waals surface area contributed by atoms with Crippen LogP contribution in [0.5, 0.6) is 0 Å². The van der Waals surface area contributed by atoms with E-state index < -0.39 is 42.1 Å². The molecule has 9 nitrogen and oxygen atoms in total. The molecular formula is C19H34O9. The molecule has 0 aromatic carbocycles. The van der Waals surface area contributed by atoms with E-state index in [1.165, 1.54) is 13.8 Å². The summed E-state index contributed by atoms with van der Waals surface area (Å²) < 4.78 is 20.4. The molecule has 9 heteroatoms. The molecule has 0 aromatic rings. The number of aliphatic hydroxyl groups is 2. The number of esters is 1. The molecule has 0 saturated heterocycles. The molecular weight excluding hydrogens is 372 g/mol. The van der Waals surface area contributed by atoms with E-state index in [4.69, 9.17) is 19.3 Å². The Labute approximate surface area is 166 Å².